The van der Waals surface area contributed by atoms with Crippen LogP contribution in [0, 0.1) is 0 Å². The van der Waals surface area contributed by atoms with Crippen LogP contribution in [0.2, 0.25) is 0 Å². The van der Waals surface area contributed by atoms with Crippen molar-refractivity contribution < 1.29 is 10.2 Å². The Kier molecular flexibility index (Phi) is 6.54. The van der Waals surface area contributed by atoms with Gasteiger partial charge in [-0.3, -0.25) is 9.98 Å². The molecule has 32 heavy (non-hydrogen) atoms. The number of rotatable bonds is 6. The van der Waals surface area contributed by atoms with Gasteiger partial charge in [-0.1, -0.05) is 60.7 Å². The van der Waals surface area contributed by atoms with E-state index in [1.807, 2.05) is 84.9 Å². The molecular weight excluding hydrogens is 396 g/mol. The first kappa shape index (κ1) is 20.8. The molecule has 0 aliphatic carbocycles. The van der Waals surface area contributed by atoms with E-state index < -0.39 is 0 Å². The Bertz CT molecular complexity index is 1170. The zero-order chi connectivity index (χ0) is 22.2. The van der Waals surface area contributed by atoms with Crippen molar-refractivity contribution in [3.63, 3.8) is 0 Å². The summed E-state index contributed by atoms with van der Waals surface area (Å²) < 4.78 is 0. The van der Waals surface area contributed by atoms with E-state index in [2.05, 4.69) is 9.98 Å². The minimum absolute atomic E-state index is 0.214. The van der Waals surface area contributed by atoms with Crippen LogP contribution in [0.25, 0.3) is 12.2 Å². The predicted molar refractivity (Wildman–Crippen MR) is 133 cm³/mol. The third kappa shape index (κ3) is 5.58. The van der Waals surface area contributed by atoms with E-state index >= 15 is 0 Å². The molecule has 0 spiro atoms. The van der Waals surface area contributed by atoms with Gasteiger partial charge in [0, 0.05) is 23.6 Å². The minimum Gasteiger partial charge on any atom is -0.507 e. The molecule has 0 radical (unpaired) electrons. The lowest BCUT2D eigenvalue weighted by Crippen LogP contribution is -1.81. The van der Waals surface area contributed by atoms with Gasteiger partial charge in [0.25, 0.3) is 0 Å². The Labute approximate surface area is 187 Å². The first-order valence-electron chi connectivity index (χ1n) is 10.2. The van der Waals surface area contributed by atoms with Crippen LogP contribution in [0.3, 0.4) is 0 Å². The van der Waals surface area contributed by atoms with Crippen LogP contribution in [-0.4, -0.2) is 22.6 Å². The number of phenols is 2. The van der Waals surface area contributed by atoms with E-state index in [0.717, 1.165) is 22.5 Å². The molecule has 0 saturated carbocycles. The molecule has 4 aromatic rings. The van der Waals surface area contributed by atoms with Crippen LogP contribution in [0.4, 0.5) is 11.4 Å². The minimum atomic E-state index is 0.214. The average Bonchev–Trinajstić information content (AvgIpc) is 2.83. The van der Waals surface area contributed by atoms with Crippen molar-refractivity contribution in [2.75, 3.05) is 0 Å². The number of hydrogen-bond donors (Lipinski definition) is 2. The molecule has 0 aromatic heterocycles. The summed E-state index contributed by atoms with van der Waals surface area (Å²) in [6.07, 6.45) is 7.39. The second-order valence-corrected chi connectivity index (χ2v) is 7.15. The molecule has 0 aliphatic heterocycles. The molecule has 4 rings (SSSR count). The van der Waals surface area contributed by atoms with Gasteiger partial charge in [-0.2, -0.15) is 0 Å². The highest BCUT2D eigenvalue weighted by Crippen LogP contribution is 2.20. The van der Waals surface area contributed by atoms with Crippen molar-refractivity contribution in [2.45, 2.75) is 0 Å². The van der Waals surface area contributed by atoms with Crippen LogP contribution in [0.5, 0.6) is 11.5 Å². The highest BCUT2D eigenvalue weighted by atomic mass is 16.3. The second kappa shape index (κ2) is 10.0. The third-order valence-electron chi connectivity index (χ3n) is 4.83. The Morgan fingerprint density at radius 3 is 1.22 bits per heavy atom. The zero-order valence-corrected chi connectivity index (χ0v) is 17.3. The molecule has 0 fully saturated rings. The Hall–Kier alpha value is -4.44. The normalized spacial score (nSPS) is 11.6. The monoisotopic (exact) mass is 418 g/mol. The quantitative estimate of drug-likeness (QED) is 0.268. The molecular formula is C28H22N2O2. The molecule has 0 saturated heterocycles. The molecule has 0 amide bonds. The van der Waals surface area contributed by atoms with E-state index in [1.165, 1.54) is 0 Å². The van der Waals surface area contributed by atoms with Crippen LogP contribution in [0.1, 0.15) is 22.3 Å². The smallest absolute Gasteiger partial charge is 0.124 e. The lowest BCUT2D eigenvalue weighted by molar-refractivity contribution is 0.474. The summed E-state index contributed by atoms with van der Waals surface area (Å²) in [5.74, 6) is 0.427. The van der Waals surface area contributed by atoms with Crippen LogP contribution in [-0.2, 0) is 0 Å². The summed E-state index contributed by atoms with van der Waals surface area (Å²) in [5.41, 5.74) is 5.13. The van der Waals surface area contributed by atoms with Gasteiger partial charge in [0.15, 0.2) is 0 Å². The Morgan fingerprint density at radius 1 is 0.469 bits per heavy atom. The van der Waals surface area contributed by atoms with E-state index in [9.17, 15) is 10.2 Å². The number of nitrogens with zero attached hydrogens (tertiary/aromatic N) is 2. The summed E-state index contributed by atoms with van der Waals surface area (Å²) in [5, 5.41) is 19.6. The van der Waals surface area contributed by atoms with E-state index in [0.29, 0.717) is 11.1 Å². The summed E-state index contributed by atoms with van der Waals surface area (Å²) >= 11 is 0. The van der Waals surface area contributed by atoms with Gasteiger partial charge >= 0.3 is 0 Å². The molecule has 2 N–H and O–H groups in total. The standard InChI is InChI=1S/C28H22N2O2/c31-27-7-3-1-5-23(27)19-29-25-15-11-21(12-16-25)9-10-22-13-17-26(18-14-22)30-20-24-6-2-4-8-28(24)32/h1-20,31-32H/b10-9+,29-19?,30-20?. The third-order valence-corrected chi connectivity index (χ3v) is 4.83. The molecule has 0 atom stereocenters. The van der Waals surface area contributed by atoms with E-state index in [-0.39, 0.29) is 11.5 Å². The first-order chi connectivity index (χ1) is 15.7. The summed E-state index contributed by atoms with van der Waals surface area (Å²) in [4.78, 5) is 8.83. The summed E-state index contributed by atoms with van der Waals surface area (Å²) in [6, 6.07) is 30.0. The second-order valence-electron chi connectivity index (χ2n) is 7.15. The van der Waals surface area contributed by atoms with Gasteiger partial charge in [0.1, 0.15) is 11.5 Å². The SMILES string of the molecule is Oc1ccccc1C=Nc1ccc(/C=C/c2ccc(N=Cc3ccccc3O)cc2)cc1. The van der Waals surface area contributed by atoms with Gasteiger partial charge in [0.05, 0.1) is 11.4 Å². The molecule has 0 aliphatic rings. The molecule has 4 heteroatoms. The summed E-state index contributed by atoms with van der Waals surface area (Å²) in [6.45, 7) is 0. The Balaban J connectivity index is 1.38. The molecule has 0 unspecified atom stereocenters. The number of hydrogen-bond acceptors (Lipinski definition) is 4. The maximum Gasteiger partial charge on any atom is 0.124 e. The zero-order valence-electron chi connectivity index (χ0n) is 17.3. The van der Waals surface area contributed by atoms with Gasteiger partial charge in [-0.25, -0.2) is 0 Å². The fourth-order valence-corrected chi connectivity index (χ4v) is 3.02. The highest BCUT2D eigenvalue weighted by molar-refractivity contribution is 5.86. The Morgan fingerprint density at radius 2 is 0.844 bits per heavy atom. The van der Waals surface area contributed by atoms with Gasteiger partial charge in [-0.15, -0.1) is 0 Å². The fraction of sp³-hybridized carbons (Fsp3) is 0. The summed E-state index contributed by atoms with van der Waals surface area (Å²) in [7, 11) is 0. The lowest BCUT2D eigenvalue weighted by atomic mass is 10.1. The lowest BCUT2D eigenvalue weighted by Gasteiger charge is -1.99. The van der Waals surface area contributed by atoms with Crippen LogP contribution in [0.15, 0.2) is 107 Å². The van der Waals surface area contributed by atoms with Crippen LogP contribution < -0.4 is 0 Å². The van der Waals surface area contributed by atoms with Crippen molar-refractivity contribution >= 4 is 36.0 Å². The van der Waals surface area contributed by atoms with E-state index in [1.54, 1.807) is 36.7 Å². The van der Waals surface area contributed by atoms with Crippen molar-refractivity contribution in [1.29, 1.82) is 0 Å². The van der Waals surface area contributed by atoms with Crippen molar-refractivity contribution in [2.24, 2.45) is 9.98 Å². The number of para-hydroxylation sites is 2. The number of aromatic hydroxyl groups is 2. The number of aliphatic imine (C=N–C) groups is 2. The fourth-order valence-electron chi connectivity index (χ4n) is 3.02. The number of benzene rings is 4. The molecule has 0 bridgehead atoms. The van der Waals surface area contributed by atoms with Crippen molar-refractivity contribution in [3.05, 3.63) is 119 Å². The largest absolute Gasteiger partial charge is 0.507 e. The van der Waals surface area contributed by atoms with Crippen LogP contribution >= 0.6 is 0 Å². The average molecular weight is 418 g/mol. The maximum absolute atomic E-state index is 9.80. The van der Waals surface area contributed by atoms with Crippen molar-refractivity contribution in [1.82, 2.24) is 0 Å². The van der Waals surface area contributed by atoms with Gasteiger partial charge in [0.2, 0.25) is 0 Å². The number of phenolic OH excluding ortho intramolecular Hbond substituents is 2. The maximum atomic E-state index is 9.80. The molecule has 156 valence electrons. The van der Waals surface area contributed by atoms with Gasteiger partial charge in [-0.05, 0) is 59.7 Å². The van der Waals surface area contributed by atoms with E-state index in [4.69, 9.17) is 0 Å². The first-order valence-corrected chi connectivity index (χ1v) is 10.2. The highest BCUT2D eigenvalue weighted by Gasteiger charge is 1.97. The molecule has 4 nitrogen and oxygen atoms in total. The van der Waals surface area contributed by atoms with Crippen molar-refractivity contribution in [3.8, 4) is 11.5 Å². The topological polar surface area (TPSA) is 65.2 Å². The molecule has 4 aromatic carbocycles. The van der Waals surface area contributed by atoms with Gasteiger partial charge < -0.3 is 10.2 Å². The molecule has 0 heterocycles. The predicted octanol–water partition coefficient (Wildman–Crippen LogP) is 6.77.